The largest absolute Gasteiger partial charge is 0.480 e. The van der Waals surface area contributed by atoms with Crippen LogP contribution in [-0.4, -0.2) is 27.9 Å². The first kappa shape index (κ1) is 16.5. The van der Waals surface area contributed by atoms with Crippen molar-refractivity contribution in [3.63, 3.8) is 0 Å². The van der Waals surface area contributed by atoms with Crippen LogP contribution in [-0.2, 0) is 4.79 Å². The maximum atomic E-state index is 13.0. The predicted molar refractivity (Wildman–Crippen MR) is 71.4 cm³/mol. The summed E-state index contributed by atoms with van der Waals surface area (Å²) in [4.78, 5) is 33.0. The SMILES string of the molecule is CC(C)C[C@H](NC(=O)c1ccc(F)cc1[N+](=O)[O-])C(=O)O. The van der Waals surface area contributed by atoms with Gasteiger partial charge in [0.05, 0.1) is 11.0 Å². The van der Waals surface area contributed by atoms with E-state index in [1.54, 1.807) is 13.8 Å². The summed E-state index contributed by atoms with van der Waals surface area (Å²) < 4.78 is 13.0. The Morgan fingerprint density at radius 3 is 2.52 bits per heavy atom. The molecule has 114 valence electrons. The van der Waals surface area contributed by atoms with E-state index in [1.165, 1.54) is 0 Å². The molecule has 0 radical (unpaired) electrons. The molecule has 2 N–H and O–H groups in total. The zero-order valence-corrected chi connectivity index (χ0v) is 11.5. The second-order valence-electron chi connectivity index (χ2n) is 4.91. The van der Waals surface area contributed by atoms with Gasteiger partial charge in [-0.2, -0.15) is 0 Å². The predicted octanol–water partition coefficient (Wildman–Crippen LogP) is 1.96. The number of nitro groups is 1. The molecule has 1 aromatic carbocycles. The number of halogens is 1. The first-order chi connectivity index (χ1) is 9.72. The number of hydrogen-bond acceptors (Lipinski definition) is 4. The van der Waals surface area contributed by atoms with Gasteiger partial charge in [0.15, 0.2) is 0 Å². The van der Waals surface area contributed by atoms with Crippen LogP contribution >= 0.6 is 0 Å². The molecule has 1 amide bonds. The van der Waals surface area contributed by atoms with E-state index in [2.05, 4.69) is 5.32 Å². The van der Waals surface area contributed by atoms with E-state index in [1.807, 2.05) is 0 Å². The number of hydrogen-bond donors (Lipinski definition) is 2. The number of carbonyl (C=O) groups excluding carboxylic acids is 1. The highest BCUT2D eigenvalue weighted by Gasteiger charge is 2.26. The molecule has 0 unspecified atom stereocenters. The summed E-state index contributed by atoms with van der Waals surface area (Å²) in [5, 5.41) is 22.1. The highest BCUT2D eigenvalue weighted by molar-refractivity contribution is 5.99. The van der Waals surface area contributed by atoms with Crippen molar-refractivity contribution < 1.29 is 24.0 Å². The highest BCUT2D eigenvalue weighted by atomic mass is 19.1. The third-order valence-electron chi connectivity index (χ3n) is 2.71. The van der Waals surface area contributed by atoms with Crippen LogP contribution in [0.1, 0.15) is 30.6 Å². The lowest BCUT2D eigenvalue weighted by Gasteiger charge is -2.16. The summed E-state index contributed by atoms with van der Waals surface area (Å²) in [5.74, 6) is -3.00. The van der Waals surface area contributed by atoms with Gasteiger partial charge in [-0.25, -0.2) is 9.18 Å². The molecule has 0 fully saturated rings. The van der Waals surface area contributed by atoms with Crippen LogP contribution in [0.25, 0.3) is 0 Å². The molecule has 0 saturated heterocycles. The first-order valence-corrected chi connectivity index (χ1v) is 6.20. The van der Waals surface area contributed by atoms with Gasteiger partial charge in [-0.15, -0.1) is 0 Å². The fraction of sp³-hybridized carbons (Fsp3) is 0.385. The number of amides is 1. The van der Waals surface area contributed by atoms with Gasteiger partial charge in [0, 0.05) is 0 Å². The Morgan fingerprint density at radius 1 is 1.43 bits per heavy atom. The van der Waals surface area contributed by atoms with Crippen LogP contribution in [0.3, 0.4) is 0 Å². The monoisotopic (exact) mass is 298 g/mol. The quantitative estimate of drug-likeness (QED) is 0.616. The van der Waals surface area contributed by atoms with Crippen molar-refractivity contribution in [3.05, 3.63) is 39.7 Å². The average Bonchev–Trinajstić information content (AvgIpc) is 2.36. The zero-order chi connectivity index (χ0) is 16.2. The van der Waals surface area contributed by atoms with Crippen LogP contribution in [0.15, 0.2) is 18.2 Å². The van der Waals surface area contributed by atoms with Gasteiger partial charge in [-0.1, -0.05) is 13.8 Å². The van der Waals surface area contributed by atoms with E-state index in [-0.39, 0.29) is 17.9 Å². The van der Waals surface area contributed by atoms with E-state index < -0.39 is 34.3 Å². The lowest BCUT2D eigenvalue weighted by Crippen LogP contribution is -2.41. The van der Waals surface area contributed by atoms with Gasteiger partial charge in [-0.3, -0.25) is 14.9 Å². The maximum Gasteiger partial charge on any atom is 0.326 e. The lowest BCUT2D eigenvalue weighted by molar-refractivity contribution is -0.385. The summed E-state index contributed by atoms with van der Waals surface area (Å²) in [6.45, 7) is 3.56. The number of aliphatic carboxylic acids is 1. The highest BCUT2D eigenvalue weighted by Crippen LogP contribution is 2.20. The molecule has 1 rings (SSSR count). The Bertz CT molecular complexity index is 574. The van der Waals surface area contributed by atoms with Crippen molar-refractivity contribution >= 4 is 17.6 Å². The Kier molecular flexibility index (Phi) is 5.34. The lowest BCUT2D eigenvalue weighted by atomic mass is 10.0. The van der Waals surface area contributed by atoms with E-state index >= 15 is 0 Å². The molecule has 0 aliphatic heterocycles. The molecule has 0 spiro atoms. The van der Waals surface area contributed by atoms with E-state index in [9.17, 15) is 24.1 Å². The summed E-state index contributed by atoms with van der Waals surface area (Å²) in [5.41, 5.74) is -1.09. The molecule has 7 nitrogen and oxygen atoms in total. The smallest absolute Gasteiger partial charge is 0.326 e. The molecule has 1 atom stereocenters. The number of rotatable bonds is 6. The molecule has 0 aliphatic carbocycles. The van der Waals surface area contributed by atoms with Crippen molar-refractivity contribution in [2.75, 3.05) is 0 Å². The number of carbonyl (C=O) groups is 2. The molecule has 1 aromatic rings. The molecular weight excluding hydrogens is 283 g/mol. The number of nitro benzene ring substituents is 1. The van der Waals surface area contributed by atoms with Crippen LogP contribution in [0, 0.1) is 21.8 Å². The van der Waals surface area contributed by atoms with E-state index in [0.29, 0.717) is 6.07 Å². The Balaban J connectivity index is 3.03. The molecule has 0 aliphatic rings. The Hall–Kier alpha value is -2.51. The third kappa shape index (κ3) is 4.51. The average molecular weight is 298 g/mol. The summed E-state index contributed by atoms with van der Waals surface area (Å²) in [6, 6.07) is 1.31. The Labute approximate surface area is 119 Å². The molecular formula is C13H15FN2O5. The Morgan fingerprint density at radius 2 is 2.05 bits per heavy atom. The van der Waals surface area contributed by atoms with Crippen LogP contribution < -0.4 is 5.32 Å². The van der Waals surface area contributed by atoms with Crippen molar-refractivity contribution in [2.24, 2.45) is 5.92 Å². The molecule has 0 heterocycles. The van der Waals surface area contributed by atoms with Crippen LogP contribution in [0.2, 0.25) is 0 Å². The number of carboxylic acids is 1. The van der Waals surface area contributed by atoms with Crippen LogP contribution in [0.4, 0.5) is 10.1 Å². The normalized spacial score (nSPS) is 12.0. The van der Waals surface area contributed by atoms with Crippen LogP contribution in [0.5, 0.6) is 0 Å². The first-order valence-electron chi connectivity index (χ1n) is 6.20. The van der Waals surface area contributed by atoms with Crippen molar-refractivity contribution in [1.82, 2.24) is 5.32 Å². The van der Waals surface area contributed by atoms with Crippen molar-refractivity contribution in [2.45, 2.75) is 26.3 Å². The second-order valence-corrected chi connectivity index (χ2v) is 4.91. The van der Waals surface area contributed by atoms with E-state index in [0.717, 1.165) is 12.1 Å². The molecule has 0 bridgehead atoms. The topological polar surface area (TPSA) is 110 Å². The van der Waals surface area contributed by atoms with Gasteiger partial charge < -0.3 is 10.4 Å². The number of carboxylic acid groups (broad SMARTS) is 1. The van der Waals surface area contributed by atoms with Gasteiger partial charge in [0.25, 0.3) is 11.6 Å². The standard InChI is InChI=1S/C13H15FN2O5/c1-7(2)5-10(13(18)19)15-12(17)9-4-3-8(14)6-11(9)16(20)21/h3-4,6-7,10H,5H2,1-2H3,(H,15,17)(H,18,19)/t10-/m0/s1. The zero-order valence-electron chi connectivity index (χ0n) is 11.5. The summed E-state index contributed by atoms with van der Waals surface area (Å²) >= 11 is 0. The minimum absolute atomic E-state index is 0.00889. The molecule has 8 heteroatoms. The molecule has 21 heavy (non-hydrogen) atoms. The minimum Gasteiger partial charge on any atom is -0.480 e. The maximum absolute atomic E-state index is 13.0. The van der Waals surface area contributed by atoms with Gasteiger partial charge >= 0.3 is 5.97 Å². The fourth-order valence-corrected chi connectivity index (χ4v) is 1.78. The number of benzene rings is 1. The molecule has 0 aromatic heterocycles. The summed E-state index contributed by atoms with van der Waals surface area (Å²) in [7, 11) is 0. The van der Waals surface area contributed by atoms with Gasteiger partial charge in [-0.05, 0) is 24.5 Å². The summed E-state index contributed by atoms with van der Waals surface area (Å²) in [6.07, 6.45) is 0.177. The molecule has 0 saturated carbocycles. The van der Waals surface area contributed by atoms with Crippen molar-refractivity contribution in [3.8, 4) is 0 Å². The van der Waals surface area contributed by atoms with Crippen molar-refractivity contribution in [1.29, 1.82) is 0 Å². The van der Waals surface area contributed by atoms with Gasteiger partial charge in [0.1, 0.15) is 17.4 Å². The van der Waals surface area contributed by atoms with Gasteiger partial charge in [0.2, 0.25) is 0 Å². The minimum atomic E-state index is -1.23. The second kappa shape index (κ2) is 6.78. The number of nitrogens with zero attached hydrogens (tertiary/aromatic N) is 1. The number of nitrogens with one attached hydrogen (secondary N) is 1. The van der Waals surface area contributed by atoms with E-state index in [4.69, 9.17) is 5.11 Å². The fourth-order valence-electron chi connectivity index (χ4n) is 1.78. The third-order valence-corrected chi connectivity index (χ3v) is 2.71.